The zero-order valence-corrected chi connectivity index (χ0v) is 23.1. The summed E-state index contributed by atoms with van der Waals surface area (Å²) in [6.07, 6.45) is 0.256. The number of nitrogens with one attached hydrogen (secondary N) is 1. The zero-order valence-electron chi connectivity index (χ0n) is 20.8. The SMILES string of the molecule is CCOc1ccc(Cl)cc1NC(=O)c1cc2ccccc2c(N=Nc2cc(Cl)c(CC)c(S(=O)(=O)O)c2)c1O. The van der Waals surface area contributed by atoms with E-state index in [0.717, 1.165) is 6.07 Å². The molecule has 0 radical (unpaired) electrons. The molecule has 4 rings (SSSR count). The highest BCUT2D eigenvalue weighted by atomic mass is 35.5. The van der Waals surface area contributed by atoms with Crippen molar-refractivity contribution >= 4 is 67.1 Å². The van der Waals surface area contributed by atoms with Gasteiger partial charge in [-0.3, -0.25) is 9.35 Å². The number of benzene rings is 4. The summed E-state index contributed by atoms with van der Waals surface area (Å²) < 4.78 is 39.0. The fourth-order valence-corrected chi connectivity index (χ4v) is 5.41. The summed E-state index contributed by atoms with van der Waals surface area (Å²) in [5.74, 6) is -0.708. The van der Waals surface area contributed by atoms with Gasteiger partial charge in [0.05, 0.1) is 23.5 Å². The Kier molecular flexibility index (Phi) is 8.41. The molecule has 0 aliphatic rings. The number of azo groups is 1. The molecular weight excluding hydrogens is 565 g/mol. The number of carbonyl (C=O) groups excluding carboxylic acids is 1. The van der Waals surface area contributed by atoms with E-state index in [1.165, 1.54) is 18.2 Å². The Morgan fingerprint density at radius 1 is 1.03 bits per heavy atom. The molecule has 12 heteroatoms. The number of halogens is 2. The molecule has 1 amide bonds. The van der Waals surface area contributed by atoms with Crippen molar-refractivity contribution in [2.45, 2.75) is 25.2 Å². The topological polar surface area (TPSA) is 138 Å². The highest BCUT2D eigenvalue weighted by Gasteiger charge is 2.21. The second-order valence-electron chi connectivity index (χ2n) is 8.30. The summed E-state index contributed by atoms with van der Waals surface area (Å²) in [5.41, 5.74) is 0.441. The van der Waals surface area contributed by atoms with Crippen LogP contribution in [0.25, 0.3) is 10.8 Å². The van der Waals surface area contributed by atoms with Crippen LogP contribution >= 0.6 is 23.2 Å². The van der Waals surface area contributed by atoms with Crippen molar-refractivity contribution in [3.05, 3.63) is 81.8 Å². The minimum atomic E-state index is -4.58. The molecular formula is C27H23Cl2N3O6S. The first-order valence-corrected chi connectivity index (χ1v) is 13.9. The van der Waals surface area contributed by atoms with E-state index >= 15 is 0 Å². The van der Waals surface area contributed by atoms with Crippen molar-refractivity contribution in [2.24, 2.45) is 10.2 Å². The Morgan fingerprint density at radius 2 is 1.77 bits per heavy atom. The van der Waals surface area contributed by atoms with Crippen LogP contribution in [-0.2, 0) is 16.5 Å². The first-order valence-electron chi connectivity index (χ1n) is 11.7. The number of aromatic hydroxyl groups is 1. The smallest absolute Gasteiger partial charge is 0.294 e. The van der Waals surface area contributed by atoms with Crippen molar-refractivity contribution < 1.29 is 27.6 Å². The van der Waals surface area contributed by atoms with Crippen LogP contribution in [-0.4, -0.2) is 30.6 Å². The van der Waals surface area contributed by atoms with Crippen LogP contribution in [0.15, 0.2) is 75.8 Å². The molecule has 39 heavy (non-hydrogen) atoms. The number of carbonyl (C=O) groups is 1. The summed E-state index contributed by atoms with van der Waals surface area (Å²) in [6, 6.07) is 15.7. The van der Waals surface area contributed by atoms with E-state index in [-0.39, 0.29) is 38.8 Å². The van der Waals surface area contributed by atoms with E-state index < -0.39 is 21.8 Å². The van der Waals surface area contributed by atoms with Gasteiger partial charge >= 0.3 is 0 Å². The number of phenolic OH excluding ortho intramolecular Hbond substituents is 1. The standard InChI is InChI=1S/C27H23Cl2N3O6S/c1-3-18-21(29)13-17(14-24(18)39(35,36)37)31-32-25-19-8-6-5-7-15(19)11-20(26(25)33)27(34)30-22-12-16(28)9-10-23(22)38-4-2/h5-14,33H,3-4H2,1-2H3,(H,30,34)(H,35,36,37). The maximum Gasteiger partial charge on any atom is 0.294 e. The van der Waals surface area contributed by atoms with Crippen molar-refractivity contribution in [3.63, 3.8) is 0 Å². The Balaban J connectivity index is 1.81. The molecule has 3 N–H and O–H groups in total. The largest absolute Gasteiger partial charge is 0.505 e. The van der Waals surface area contributed by atoms with E-state index in [4.69, 9.17) is 27.9 Å². The minimum Gasteiger partial charge on any atom is -0.505 e. The molecule has 0 aromatic heterocycles. The molecule has 4 aromatic rings. The van der Waals surface area contributed by atoms with Gasteiger partial charge in [-0.15, -0.1) is 5.11 Å². The van der Waals surface area contributed by atoms with Gasteiger partial charge in [0.15, 0.2) is 5.75 Å². The van der Waals surface area contributed by atoms with Gasteiger partial charge in [0.2, 0.25) is 0 Å². The van der Waals surface area contributed by atoms with Gasteiger partial charge in [0.1, 0.15) is 16.3 Å². The number of hydrogen-bond acceptors (Lipinski definition) is 7. The number of ether oxygens (including phenoxy) is 1. The number of anilines is 1. The molecule has 0 saturated carbocycles. The number of hydrogen-bond donors (Lipinski definition) is 3. The van der Waals surface area contributed by atoms with Crippen LogP contribution in [0.3, 0.4) is 0 Å². The van der Waals surface area contributed by atoms with Crippen LogP contribution in [0.4, 0.5) is 17.1 Å². The van der Waals surface area contributed by atoms with Crippen molar-refractivity contribution in [2.75, 3.05) is 11.9 Å². The third kappa shape index (κ3) is 6.15. The molecule has 202 valence electrons. The molecule has 0 heterocycles. The maximum absolute atomic E-state index is 13.3. The lowest BCUT2D eigenvalue weighted by atomic mass is 10.0. The van der Waals surface area contributed by atoms with Crippen molar-refractivity contribution in [3.8, 4) is 11.5 Å². The minimum absolute atomic E-state index is 0.0171. The zero-order chi connectivity index (χ0) is 28.3. The Morgan fingerprint density at radius 3 is 2.46 bits per heavy atom. The normalized spacial score (nSPS) is 11.7. The summed E-state index contributed by atoms with van der Waals surface area (Å²) in [4.78, 5) is 12.9. The van der Waals surface area contributed by atoms with Crippen LogP contribution < -0.4 is 10.1 Å². The molecule has 0 unspecified atom stereocenters. The quantitative estimate of drug-likeness (QED) is 0.142. The fraction of sp³-hybridized carbons (Fsp3) is 0.148. The molecule has 0 spiro atoms. The first-order chi connectivity index (χ1) is 18.5. The molecule has 0 aliphatic carbocycles. The van der Waals surface area contributed by atoms with Gasteiger partial charge in [-0.25, -0.2) is 0 Å². The van der Waals surface area contributed by atoms with Gasteiger partial charge in [0.25, 0.3) is 16.0 Å². The van der Waals surface area contributed by atoms with E-state index in [2.05, 4.69) is 15.5 Å². The second kappa shape index (κ2) is 11.6. The van der Waals surface area contributed by atoms with Gasteiger partial charge < -0.3 is 15.2 Å². The lowest BCUT2D eigenvalue weighted by Gasteiger charge is -2.14. The lowest BCUT2D eigenvalue weighted by molar-refractivity contribution is 0.102. The third-order valence-corrected chi connectivity index (χ3v) is 7.26. The predicted octanol–water partition coefficient (Wildman–Crippen LogP) is 7.73. The van der Waals surface area contributed by atoms with Crippen molar-refractivity contribution in [1.29, 1.82) is 0 Å². The van der Waals surface area contributed by atoms with Crippen LogP contribution in [0.2, 0.25) is 10.0 Å². The Hall–Kier alpha value is -3.70. The molecule has 0 aliphatic heterocycles. The third-order valence-electron chi connectivity index (χ3n) is 5.77. The maximum atomic E-state index is 13.3. The number of nitrogens with zero attached hydrogens (tertiary/aromatic N) is 2. The van der Waals surface area contributed by atoms with Gasteiger partial charge in [-0.1, -0.05) is 54.4 Å². The average molecular weight is 588 g/mol. The summed E-state index contributed by atoms with van der Waals surface area (Å²) in [7, 11) is -4.58. The Labute approximate surface area is 234 Å². The average Bonchev–Trinajstić information content (AvgIpc) is 2.88. The van der Waals surface area contributed by atoms with E-state index in [9.17, 15) is 22.9 Å². The number of phenols is 1. The van der Waals surface area contributed by atoms with E-state index in [0.29, 0.717) is 33.8 Å². The highest BCUT2D eigenvalue weighted by molar-refractivity contribution is 7.85. The van der Waals surface area contributed by atoms with Crippen molar-refractivity contribution in [1.82, 2.24) is 0 Å². The van der Waals surface area contributed by atoms with Gasteiger partial charge in [-0.05, 0) is 60.7 Å². The molecule has 0 saturated heterocycles. The lowest BCUT2D eigenvalue weighted by Crippen LogP contribution is -2.13. The number of rotatable bonds is 8. The molecule has 0 bridgehead atoms. The summed E-state index contributed by atoms with van der Waals surface area (Å²) in [6.45, 7) is 3.85. The number of amides is 1. The monoisotopic (exact) mass is 587 g/mol. The van der Waals surface area contributed by atoms with Crippen LogP contribution in [0, 0.1) is 0 Å². The Bertz CT molecular complexity index is 1720. The highest BCUT2D eigenvalue weighted by Crippen LogP contribution is 2.41. The van der Waals surface area contributed by atoms with E-state index in [1.54, 1.807) is 50.2 Å². The van der Waals surface area contributed by atoms with Crippen LogP contribution in [0.1, 0.15) is 29.8 Å². The van der Waals surface area contributed by atoms with E-state index in [1.807, 2.05) is 0 Å². The molecule has 4 aromatic carbocycles. The number of fused-ring (bicyclic) bond motifs is 1. The summed E-state index contributed by atoms with van der Waals surface area (Å²) >= 11 is 12.3. The summed E-state index contributed by atoms with van der Waals surface area (Å²) in [5, 5.41) is 23.6. The van der Waals surface area contributed by atoms with Gasteiger partial charge in [0, 0.05) is 15.4 Å². The van der Waals surface area contributed by atoms with Gasteiger partial charge in [-0.2, -0.15) is 13.5 Å². The first kappa shape index (κ1) is 28.3. The molecule has 0 fully saturated rings. The fourth-order valence-electron chi connectivity index (χ4n) is 4.00. The van der Waals surface area contributed by atoms with Crippen LogP contribution in [0.5, 0.6) is 11.5 Å². The molecule has 9 nitrogen and oxygen atoms in total. The predicted molar refractivity (Wildman–Crippen MR) is 151 cm³/mol. The second-order valence-corrected chi connectivity index (χ2v) is 10.5. The molecule has 0 atom stereocenters.